The molecule has 6 heteroatoms. The molecule has 4 nitrogen and oxygen atoms in total. The van der Waals surface area contributed by atoms with Crippen LogP contribution in [0.5, 0.6) is 0 Å². The SMILES string of the molecule is CN=C(NCC(C)Cc1cccs1)N(C)Cc1cc(Cl)cn1C. The van der Waals surface area contributed by atoms with Gasteiger partial charge < -0.3 is 14.8 Å². The summed E-state index contributed by atoms with van der Waals surface area (Å²) < 4.78 is 2.05. The average molecular weight is 353 g/mol. The van der Waals surface area contributed by atoms with E-state index in [-0.39, 0.29) is 0 Å². The second-order valence-electron chi connectivity index (χ2n) is 5.93. The molecule has 2 rings (SSSR count). The van der Waals surface area contributed by atoms with Gasteiger partial charge in [-0.15, -0.1) is 11.3 Å². The molecule has 1 atom stereocenters. The van der Waals surface area contributed by atoms with E-state index in [0.29, 0.717) is 5.92 Å². The average Bonchev–Trinajstić information content (AvgIpc) is 3.10. The maximum atomic E-state index is 6.05. The third-order valence-electron chi connectivity index (χ3n) is 3.79. The van der Waals surface area contributed by atoms with Crippen LogP contribution >= 0.6 is 22.9 Å². The fraction of sp³-hybridized carbons (Fsp3) is 0.471. The fourth-order valence-corrected chi connectivity index (χ4v) is 3.68. The highest BCUT2D eigenvalue weighted by molar-refractivity contribution is 7.09. The van der Waals surface area contributed by atoms with Crippen LogP contribution in [0.3, 0.4) is 0 Å². The Morgan fingerprint density at radius 1 is 1.52 bits per heavy atom. The summed E-state index contributed by atoms with van der Waals surface area (Å²) in [6, 6.07) is 6.30. The number of nitrogens with zero attached hydrogens (tertiary/aromatic N) is 3. The predicted octanol–water partition coefficient (Wildman–Crippen LogP) is 3.63. The van der Waals surface area contributed by atoms with Gasteiger partial charge in [-0.1, -0.05) is 24.6 Å². The number of hydrogen-bond donors (Lipinski definition) is 1. The third kappa shape index (κ3) is 5.29. The normalized spacial score (nSPS) is 13.2. The second-order valence-corrected chi connectivity index (χ2v) is 7.40. The van der Waals surface area contributed by atoms with E-state index in [2.05, 4.69) is 39.6 Å². The Balaban J connectivity index is 1.85. The van der Waals surface area contributed by atoms with Crippen LogP contribution in [0.25, 0.3) is 0 Å². The number of aromatic nitrogens is 1. The summed E-state index contributed by atoms with van der Waals surface area (Å²) in [6.45, 7) is 3.93. The molecule has 0 fully saturated rings. The van der Waals surface area contributed by atoms with Gasteiger partial charge in [0.15, 0.2) is 5.96 Å². The molecule has 0 aliphatic rings. The molecular formula is C17H25ClN4S. The van der Waals surface area contributed by atoms with E-state index in [1.54, 1.807) is 0 Å². The van der Waals surface area contributed by atoms with Gasteiger partial charge in [0.2, 0.25) is 0 Å². The number of aryl methyl sites for hydroxylation is 1. The molecule has 0 aliphatic heterocycles. The van der Waals surface area contributed by atoms with E-state index in [0.717, 1.165) is 36.2 Å². The van der Waals surface area contributed by atoms with Crippen molar-refractivity contribution in [3.05, 3.63) is 45.4 Å². The number of nitrogens with one attached hydrogen (secondary N) is 1. The smallest absolute Gasteiger partial charge is 0.193 e. The molecule has 2 aromatic heterocycles. The second kappa shape index (κ2) is 8.41. The summed E-state index contributed by atoms with van der Waals surface area (Å²) in [5.41, 5.74) is 1.16. The predicted molar refractivity (Wildman–Crippen MR) is 100 cm³/mol. The van der Waals surface area contributed by atoms with Crippen LogP contribution in [0.4, 0.5) is 0 Å². The monoisotopic (exact) mass is 352 g/mol. The highest BCUT2D eigenvalue weighted by Gasteiger charge is 2.11. The van der Waals surface area contributed by atoms with E-state index in [9.17, 15) is 0 Å². The van der Waals surface area contributed by atoms with Gasteiger partial charge in [0.05, 0.1) is 11.6 Å². The lowest BCUT2D eigenvalue weighted by Gasteiger charge is -2.23. The quantitative estimate of drug-likeness (QED) is 0.636. The maximum Gasteiger partial charge on any atom is 0.193 e. The van der Waals surface area contributed by atoms with Gasteiger partial charge in [-0.25, -0.2) is 0 Å². The van der Waals surface area contributed by atoms with E-state index in [1.807, 2.05) is 49.3 Å². The molecule has 0 radical (unpaired) electrons. The van der Waals surface area contributed by atoms with Crippen LogP contribution in [0, 0.1) is 5.92 Å². The number of halogens is 1. The van der Waals surface area contributed by atoms with E-state index < -0.39 is 0 Å². The van der Waals surface area contributed by atoms with E-state index in [1.165, 1.54) is 4.88 Å². The van der Waals surface area contributed by atoms with Crippen LogP contribution in [-0.2, 0) is 20.0 Å². The Morgan fingerprint density at radius 3 is 2.87 bits per heavy atom. The summed E-state index contributed by atoms with van der Waals surface area (Å²) in [4.78, 5) is 7.93. The Bertz CT molecular complexity index is 633. The topological polar surface area (TPSA) is 32.6 Å². The standard InChI is InChI=1S/C17H25ClN4S/c1-13(8-16-6-5-7-23-16)10-20-17(19-2)22(4)12-15-9-14(18)11-21(15)3/h5-7,9,11,13H,8,10,12H2,1-4H3,(H,19,20). The van der Waals surface area contributed by atoms with Gasteiger partial charge in [0, 0.05) is 44.5 Å². The lowest BCUT2D eigenvalue weighted by atomic mass is 10.1. The Kier molecular flexibility index (Phi) is 6.54. The van der Waals surface area contributed by atoms with Crippen molar-refractivity contribution >= 4 is 28.9 Å². The Hall–Kier alpha value is -1.46. The molecule has 0 saturated carbocycles. The highest BCUT2D eigenvalue weighted by atomic mass is 35.5. The first kappa shape index (κ1) is 17.9. The van der Waals surface area contributed by atoms with Gasteiger partial charge in [-0.05, 0) is 29.9 Å². The minimum Gasteiger partial charge on any atom is -0.356 e. The van der Waals surface area contributed by atoms with E-state index >= 15 is 0 Å². The molecule has 0 aliphatic carbocycles. The molecule has 23 heavy (non-hydrogen) atoms. The first-order valence-corrected chi connectivity index (χ1v) is 9.00. The molecule has 0 saturated heterocycles. The van der Waals surface area contributed by atoms with Gasteiger partial charge in [0.1, 0.15) is 0 Å². The summed E-state index contributed by atoms with van der Waals surface area (Å²) in [7, 11) is 5.87. The Labute approximate surface area is 147 Å². The van der Waals surface area contributed by atoms with E-state index in [4.69, 9.17) is 11.6 Å². The number of guanidine groups is 1. The van der Waals surface area contributed by atoms with Crippen molar-refractivity contribution in [3.8, 4) is 0 Å². The summed E-state index contributed by atoms with van der Waals surface area (Å²) in [5, 5.41) is 6.37. The van der Waals surface area contributed by atoms with Gasteiger partial charge in [0.25, 0.3) is 0 Å². The van der Waals surface area contributed by atoms with Gasteiger partial charge in [-0.3, -0.25) is 4.99 Å². The zero-order chi connectivity index (χ0) is 16.8. The zero-order valence-electron chi connectivity index (χ0n) is 14.2. The summed E-state index contributed by atoms with van der Waals surface area (Å²) in [5.74, 6) is 1.46. The molecule has 1 unspecified atom stereocenters. The molecule has 2 aromatic rings. The molecule has 0 aromatic carbocycles. The zero-order valence-corrected chi connectivity index (χ0v) is 15.8. The van der Waals surface area contributed by atoms with Crippen LogP contribution in [-0.4, -0.2) is 36.1 Å². The largest absolute Gasteiger partial charge is 0.356 e. The van der Waals surface area contributed by atoms with Crippen molar-refractivity contribution in [3.63, 3.8) is 0 Å². The first-order chi connectivity index (χ1) is 11.0. The van der Waals surface area contributed by atoms with Crippen molar-refractivity contribution in [2.75, 3.05) is 20.6 Å². The van der Waals surface area contributed by atoms with Crippen molar-refractivity contribution in [1.82, 2.24) is 14.8 Å². The third-order valence-corrected chi connectivity index (χ3v) is 4.89. The minimum absolute atomic E-state index is 0.559. The highest BCUT2D eigenvalue weighted by Crippen LogP contribution is 2.15. The molecule has 1 N–H and O–H groups in total. The summed E-state index contributed by atoms with van der Waals surface area (Å²) >= 11 is 7.87. The van der Waals surface area contributed by atoms with Crippen molar-refractivity contribution in [2.24, 2.45) is 18.0 Å². The first-order valence-electron chi connectivity index (χ1n) is 7.74. The number of hydrogen-bond acceptors (Lipinski definition) is 2. The van der Waals surface area contributed by atoms with Crippen LogP contribution < -0.4 is 5.32 Å². The summed E-state index contributed by atoms with van der Waals surface area (Å²) in [6.07, 6.45) is 3.02. The molecule has 0 spiro atoms. The van der Waals surface area contributed by atoms with Gasteiger partial charge >= 0.3 is 0 Å². The van der Waals surface area contributed by atoms with Crippen LogP contribution in [0.1, 0.15) is 17.5 Å². The fourth-order valence-electron chi connectivity index (χ4n) is 2.54. The molecule has 126 valence electrons. The van der Waals surface area contributed by atoms with Crippen molar-refractivity contribution in [1.29, 1.82) is 0 Å². The molecule has 0 amide bonds. The lowest BCUT2D eigenvalue weighted by Crippen LogP contribution is -2.40. The van der Waals surface area contributed by atoms with Crippen LogP contribution in [0.15, 0.2) is 34.8 Å². The maximum absolute atomic E-state index is 6.05. The molecule has 2 heterocycles. The minimum atomic E-state index is 0.559. The Morgan fingerprint density at radius 2 is 2.30 bits per heavy atom. The van der Waals surface area contributed by atoms with Crippen molar-refractivity contribution in [2.45, 2.75) is 19.9 Å². The molecule has 0 bridgehead atoms. The number of thiophene rings is 1. The van der Waals surface area contributed by atoms with Gasteiger partial charge in [-0.2, -0.15) is 0 Å². The van der Waals surface area contributed by atoms with Crippen LogP contribution in [0.2, 0.25) is 5.02 Å². The lowest BCUT2D eigenvalue weighted by molar-refractivity contribution is 0.450. The molecular weight excluding hydrogens is 328 g/mol. The van der Waals surface area contributed by atoms with Crippen molar-refractivity contribution < 1.29 is 0 Å². The number of rotatable bonds is 6. The number of aliphatic imine (C=N–C) groups is 1.